The Morgan fingerprint density at radius 2 is 1.78 bits per heavy atom. The Kier molecular flexibility index (Phi) is 4.24. The van der Waals surface area contributed by atoms with Crippen LogP contribution in [0, 0.1) is 0 Å². The van der Waals surface area contributed by atoms with Crippen LogP contribution in [-0.4, -0.2) is 5.97 Å². The molecule has 18 heavy (non-hydrogen) atoms. The maximum Gasteiger partial charge on any atom is 0.315 e. The van der Waals surface area contributed by atoms with Gasteiger partial charge in [0.05, 0.1) is 11.4 Å². The Hall–Kier alpha value is -1.51. The van der Waals surface area contributed by atoms with E-state index < -0.39 is 0 Å². The fraction of sp³-hybridized carbons (Fsp3) is 0.0714. The third kappa shape index (κ3) is 3.49. The van der Waals surface area contributed by atoms with Crippen LogP contribution in [0.25, 0.3) is 0 Å². The number of halogens is 2. The standard InChI is InChI=1S/C14H10Cl2O2/c15-11-6-7-12(16)13(9-11)18-14(17)8-10-4-2-1-3-5-10/h1-7,9H,8H2. The highest BCUT2D eigenvalue weighted by Crippen LogP contribution is 2.27. The maximum atomic E-state index is 11.7. The first-order valence-corrected chi connectivity index (χ1v) is 6.10. The summed E-state index contributed by atoms with van der Waals surface area (Å²) in [5.41, 5.74) is 0.889. The molecule has 0 aromatic heterocycles. The first kappa shape index (κ1) is 12.9. The number of ether oxygens (including phenoxy) is 1. The summed E-state index contributed by atoms with van der Waals surface area (Å²) in [5.74, 6) is -0.0875. The summed E-state index contributed by atoms with van der Waals surface area (Å²) >= 11 is 11.7. The SMILES string of the molecule is O=C(Cc1ccccc1)Oc1cc(Cl)ccc1Cl. The van der Waals surface area contributed by atoms with Crippen LogP contribution in [0.4, 0.5) is 0 Å². The zero-order valence-electron chi connectivity index (χ0n) is 9.40. The zero-order chi connectivity index (χ0) is 13.0. The minimum atomic E-state index is -0.370. The topological polar surface area (TPSA) is 26.3 Å². The van der Waals surface area contributed by atoms with Crippen molar-refractivity contribution < 1.29 is 9.53 Å². The number of carbonyl (C=O) groups is 1. The smallest absolute Gasteiger partial charge is 0.315 e. The van der Waals surface area contributed by atoms with E-state index >= 15 is 0 Å². The minimum absolute atomic E-state index is 0.198. The second-order valence-corrected chi connectivity index (χ2v) is 4.55. The van der Waals surface area contributed by atoms with Gasteiger partial charge in [-0.15, -0.1) is 0 Å². The molecule has 0 bridgehead atoms. The van der Waals surface area contributed by atoms with Gasteiger partial charge in [-0.1, -0.05) is 53.5 Å². The third-order valence-electron chi connectivity index (χ3n) is 2.31. The molecule has 0 atom stereocenters. The summed E-state index contributed by atoms with van der Waals surface area (Å²) in [4.78, 5) is 11.7. The summed E-state index contributed by atoms with van der Waals surface area (Å²) < 4.78 is 5.17. The van der Waals surface area contributed by atoms with Crippen molar-refractivity contribution in [1.29, 1.82) is 0 Å². The van der Waals surface area contributed by atoms with Crippen molar-refractivity contribution in [1.82, 2.24) is 0 Å². The molecule has 0 saturated heterocycles. The van der Waals surface area contributed by atoms with E-state index in [1.165, 1.54) is 6.07 Å². The van der Waals surface area contributed by atoms with Gasteiger partial charge in [0.2, 0.25) is 0 Å². The van der Waals surface area contributed by atoms with Crippen LogP contribution in [0.3, 0.4) is 0 Å². The van der Waals surface area contributed by atoms with E-state index in [2.05, 4.69) is 0 Å². The molecule has 0 heterocycles. The molecule has 0 fully saturated rings. The molecule has 0 saturated carbocycles. The third-order valence-corrected chi connectivity index (χ3v) is 2.86. The molecule has 0 aliphatic heterocycles. The number of esters is 1. The fourth-order valence-electron chi connectivity index (χ4n) is 1.48. The van der Waals surface area contributed by atoms with E-state index in [1.807, 2.05) is 30.3 Å². The Bertz CT molecular complexity index is 553. The molecule has 2 nitrogen and oxygen atoms in total. The molecule has 4 heteroatoms. The van der Waals surface area contributed by atoms with Gasteiger partial charge in [-0.2, -0.15) is 0 Å². The van der Waals surface area contributed by atoms with Crippen molar-refractivity contribution >= 4 is 29.2 Å². The van der Waals surface area contributed by atoms with Gasteiger partial charge in [-0.3, -0.25) is 4.79 Å². The Morgan fingerprint density at radius 3 is 2.50 bits per heavy atom. The number of rotatable bonds is 3. The van der Waals surface area contributed by atoms with E-state index in [1.54, 1.807) is 12.1 Å². The van der Waals surface area contributed by atoms with Gasteiger partial charge in [-0.25, -0.2) is 0 Å². The van der Waals surface area contributed by atoms with Crippen molar-refractivity contribution in [2.45, 2.75) is 6.42 Å². The highest BCUT2D eigenvalue weighted by Gasteiger charge is 2.09. The molecule has 0 N–H and O–H groups in total. The predicted octanol–water partition coefficient (Wildman–Crippen LogP) is 4.14. The normalized spacial score (nSPS) is 10.1. The van der Waals surface area contributed by atoms with Gasteiger partial charge in [0.25, 0.3) is 0 Å². The van der Waals surface area contributed by atoms with Crippen molar-refractivity contribution in [3.05, 3.63) is 64.1 Å². The van der Waals surface area contributed by atoms with Crippen LogP contribution in [-0.2, 0) is 11.2 Å². The van der Waals surface area contributed by atoms with Gasteiger partial charge >= 0.3 is 5.97 Å². The quantitative estimate of drug-likeness (QED) is 0.624. The highest BCUT2D eigenvalue weighted by molar-refractivity contribution is 6.34. The largest absolute Gasteiger partial charge is 0.425 e. The fourth-order valence-corrected chi connectivity index (χ4v) is 1.79. The molecule has 0 unspecified atom stereocenters. The van der Waals surface area contributed by atoms with Crippen LogP contribution < -0.4 is 4.74 Å². The van der Waals surface area contributed by atoms with Crippen molar-refractivity contribution in [2.24, 2.45) is 0 Å². The summed E-state index contributed by atoms with van der Waals surface area (Å²) in [7, 11) is 0. The number of hydrogen-bond donors (Lipinski definition) is 0. The summed E-state index contributed by atoms with van der Waals surface area (Å²) in [6.45, 7) is 0. The van der Waals surface area contributed by atoms with E-state index in [4.69, 9.17) is 27.9 Å². The molecule has 0 aliphatic carbocycles. The Labute approximate surface area is 115 Å². The Balaban J connectivity index is 2.05. The molecule has 0 aliphatic rings. The molecule has 2 aromatic carbocycles. The van der Waals surface area contributed by atoms with E-state index in [9.17, 15) is 4.79 Å². The summed E-state index contributed by atoms with van der Waals surface area (Å²) in [6, 6.07) is 14.1. The number of benzene rings is 2. The van der Waals surface area contributed by atoms with Crippen LogP contribution in [0.2, 0.25) is 10.0 Å². The molecular formula is C14H10Cl2O2. The van der Waals surface area contributed by atoms with Gasteiger partial charge in [0.1, 0.15) is 0 Å². The lowest BCUT2D eigenvalue weighted by atomic mass is 10.2. The average molecular weight is 281 g/mol. The van der Waals surface area contributed by atoms with Crippen molar-refractivity contribution in [3.8, 4) is 5.75 Å². The van der Waals surface area contributed by atoms with Crippen LogP contribution in [0.5, 0.6) is 5.75 Å². The lowest BCUT2D eigenvalue weighted by Crippen LogP contribution is -2.11. The lowest BCUT2D eigenvalue weighted by molar-refractivity contribution is -0.133. The van der Waals surface area contributed by atoms with E-state index in [-0.39, 0.29) is 18.1 Å². The minimum Gasteiger partial charge on any atom is -0.425 e. The Morgan fingerprint density at radius 1 is 1.06 bits per heavy atom. The molecule has 2 rings (SSSR count). The summed E-state index contributed by atoms with van der Waals surface area (Å²) in [6.07, 6.45) is 0.198. The molecular weight excluding hydrogens is 271 g/mol. The number of hydrogen-bond acceptors (Lipinski definition) is 2. The lowest BCUT2D eigenvalue weighted by Gasteiger charge is -2.06. The maximum absolute atomic E-state index is 11.7. The van der Waals surface area contributed by atoms with Gasteiger partial charge < -0.3 is 4.74 Å². The first-order chi connectivity index (χ1) is 8.65. The first-order valence-electron chi connectivity index (χ1n) is 5.35. The second kappa shape index (κ2) is 5.89. The molecule has 2 aromatic rings. The number of carbonyl (C=O) groups excluding carboxylic acids is 1. The van der Waals surface area contributed by atoms with Gasteiger partial charge in [0.15, 0.2) is 5.75 Å². The molecule has 0 amide bonds. The molecule has 0 spiro atoms. The highest BCUT2D eigenvalue weighted by atomic mass is 35.5. The van der Waals surface area contributed by atoms with Crippen molar-refractivity contribution in [3.63, 3.8) is 0 Å². The van der Waals surface area contributed by atoms with Crippen molar-refractivity contribution in [2.75, 3.05) is 0 Å². The van der Waals surface area contributed by atoms with Gasteiger partial charge in [0, 0.05) is 11.1 Å². The van der Waals surface area contributed by atoms with Crippen LogP contribution in [0.1, 0.15) is 5.56 Å². The predicted molar refractivity (Wildman–Crippen MR) is 72.2 cm³/mol. The average Bonchev–Trinajstić information content (AvgIpc) is 2.35. The van der Waals surface area contributed by atoms with Crippen LogP contribution in [0.15, 0.2) is 48.5 Å². The van der Waals surface area contributed by atoms with Gasteiger partial charge in [-0.05, 0) is 17.7 Å². The molecule has 92 valence electrons. The van der Waals surface area contributed by atoms with E-state index in [0.29, 0.717) is 10.0 Å². The van der Waals surface area contributed by atoms with Crippen LogP contribution >= 0.6 is 23.2 Å². The monoisotopic (exact) mass is 280 g/mol. The summed E-state index contributed by atoms with van der Waals surface area (Å²) in [5, 5.41) is 0.836. The zero-order valence-corrected chi connectivity index (χ0v) is 10.9. The molecule has 0 radical (unpaired) electrons. The second-order valence-electron chi connectivity index (χ2n) is 3.71. The van der Waals surface area contributed by atoms with E-state index in [0.717, 1.165) is 5.56 Å².